The van der Waals surface area contributed by atoms with Crippen LogP contribution in [0.1, 0.15) is 27.7 Å². The molecule has 0 aromatic heterocycles. The van der Waals surface area contributed by atoms with E-state index in [1.165, 1.54) is 0 Å². The van der Waals surface area contributed by atoms with Crippen molar-refractivity contribution in [1.82, 2.24) is 0 Å². The van der Waals surface area contributed by atoms with Crippen molar-refractivity contribution in [3.05, 3.63) is 72.8 Å². The largest absolute Gasteiger partial charge is 0.184 e. The molecule has 2 rings (SSSR count). The molecule has 17 heavy (non-hydrogen) atoms. The van der Waals surface area contributed by atoms with Crippen molar-refractivity contribution < 1.29 is 32.7 Å². The first-order valence-corrected chi connectivity index (χ1v) is 5.82. The van der Waals surface area contributed by atoms with Crippen LogP contribution in [0, 0.1) is 12.1 Å². The third kappa shape index (κ3) is 21.4. The van der Waals surface area contributed by atoms with Gasteiger partial charge in [-0.2, -0.15) is 72.8 Å². The van der Waals surface area contributed by atoms with Crippen molar-refractivity contribution in [3.63, 3.8) is 0 Å². The second kappa shape index (κ2) is 24.7. The molecule has 0 atom stereocenters. The second-order valence-electron chi connectivity index (χ2n) is 2.15. The predicted octanol–water partition coefficient (Wildman–Crippen LogP) is 5.02. The van der Waals surface area contributed by atoms with E-state index in [0.29, 0.717) is 0 Å². The van der Waals surface area contributed by atoms with Crippen LogP contribution in [0.5, 0.6) is 0 Å². The summed E-state index contributed by atoms with van der Waals surface area (Å²) in [6.07, 6.45) is 0. The Morgan fingerprint density at radius 2 is 0.706 bits per heavy atom. The van der Waals surface area contributed by atoms with Gasteiger partial charge in [-0.25, -0.2) is 0 Å². The standard InChI is InChI=1S/2C6H5.2C2H6.Y/c2*1-2-4-6-5-3-1;2*1-2;/h2*1-5H;2*1-2H3;/q2*-1;;;. The van der Waals surface area contributed by atoms with Gasteiger partial charge in [-0.05, 0) is 0 Å². The third-order valence-electron chi connectivity index (χ3n) is 1.21. The van der Waals surface area contributed by atoms with Gasteiger partial charge in [0.1, 0.15) is 0 Å². The summed E-state index contributed by atoms with van der Waals surface area (Å²) in [7, 11) is 0. The zero-order chi connectivity index (χ0) is 12.5. The Bertz CT molecular complexity index is 181. The summed E-state index contributed by atoms with van der Waals surface area (Å²) in [5, 5.41) is 0. The van der Waals surface area contributed by atoms with Crippen LogP contribution in [0.15, 0.2) is 60.7 Å². The SMILES string of the molecule is CC.CC.[Y].[c-]1ccccc1.[c-]1ccccc1. The summed E-state index contributed by atoms with van der Waals surface area (Å²) < 4.78 is 0. The molecule has 2 aromatic rings. The maximum absolute atomic E-state index is 2.89. The van der Waals surface area contributed by atoms with Crippen LogP contribution in [0.2, 0.25) is 0 Å². The van der Waals surface area contributed by atoms with E-state index in [1.807, 2.05) is 88.4 Å². The van der Waals surface area contributed by atoms with Gasteiger partial charge >= 0.3 is 0 Å². The summed E-state index contributed by atoms with van der Waals surface area (Å²) in [5.74, 6) is 0. The smallest absolute Gasteiger partial charge is 0 e. The topological polar surface area (TPSA) is 0 Å². The predicted molar refractivity (Wildman–Crippen MR) is 73.3 cm³/mol. The molecule has 0 amide bonds. The minimum Gasteiger partial charge on any atom is -0.184 e. The average molecular weight is 303 g/mol. The molecule has 1 radical (unpaired) electrons. The Morgan fingerprint density at radius 3 is 0.765 bits per heavy atom. The quantitative estimate of drug-likeness (QED) is 0.599. The minimum atomic E-state index is 0. The first kappa shape index (κ1) is 21.8. The maximum atomic E-state index is 2.89. The Labute approximate surface area is 132 Å². The Kier molecular flexibility index (Phi) is 31.6. The van der Waals surface area contributed by atoms with Gasteiger partial charge in [-0.15, -0.1) is 0 Å². The van der Waals surface area contributed by atoms with Crippen molar-refractivity contribution in [2.45, 2.75) is 27.7 Å². The summed E-state index contributed by atoms with van der Waals surface area (Å²) in [5.41, 5.74) is 0. The number of rotatable bonds is 0. The first-order chi connectivity index (χ1) is 8.00. The van der Waals surface area contributed by atoms with Crippen molar-refractivity contribution in [2.24, 2.45) is 0 Å². The minimum absolute atomic E-state index is 0. The summed E-state index contributed by atoms with van der Waals surface area (Å²) >= 11 is 0. The van der Waals surface area contributed by atoms with E-state index in [4.69, 9.17) is 0 Å². The molecular formula is C16H22Y-2. The molecule has 91 valence electrons. The Morgan fingerprint density at radius 1 is 0.471 bits per heavy atom. The molecule has 0 aliphatic rings. The van der Waals surface area contributed by atoms with Crippen LogP contribution < -0.4 is 0 Å². The first-order valence-electron chi connectivity index (χ1n) is 5.82. The van der Waals surface area contributed by atoms with Crippen molar-refractivity contribution >= 4 is 0 Å². The zero-order valence-corrected chi connectivity index (χ0v) is 14.2. The van der Waals surface area contributed by atoms with E-state index >= 15 is 0 Å². The van der Waals surface area contributed by atoms with Gasteiger partial charge in [0, 0.05) is 32.7 Å². The number of hydrogen-bond acceptors (Lipinski definition) is 0. The van der Waals surface area contributed by atoms with Gasteiger partial charge < -0.3 is 0 Å². The van der Waals surface area contributed by atoms with E-state index in [0.717, 1.165) is 0 Å². The molecular weight excluding hydrogens is 281 g/mol. The molecule has 0 unspecified atom stereocenters. The number of hydrogen-bond donors (Lipinski definition) is 0. The summed E-state index contributed by atoms with van der Waals surface area (Å²) in [4.78, 5) is 0. The summed E-state index contributed by atoms with van der Waals surface area (Å²) in [6.45, 7) is 8.00. The average Bonchev–Trinajstić information content (AvgIpc) is 2.48. The van der Waals surface area contributed by atoms with Crippen LogP contribution in [-0.2, 0) is 32.7 Å². The third-order valence-corrected chi connectivity index (χ3v) is 1.21. The van der Waals surface area contributed by atoms with Crippen LogP contribution in [0.25, 0.3) is 0 Å². The van der Waals surface area contributed by atoms with Gasteiger partial charge in [-0.1, -0.05) is 27.7 Å². The molecule has 0 heterocycles. The monoisotopic (exact) mass is 303 g/mol. The molecule has 0 N–H and O–H groups in total. The van der Waals surface area contributed by atoms with Gasteiger partial charge in [0.05, 0.1) is 0 Å². The van der Waals surface area contributed by atoms with Crippen LogP contribution in [0.3, 0.4) is 0 Å². The molecule has 1 heteroatoms. The molecule has 0 aliphatic carbocycles. The van der Waals surface area contributed by atoms with E-state index in [2.05, 4.69) is 12.1 Å². The number of benzene rings is 2. The van der Waals surface area contributed by atoms with E-state index < -0.39 is 0 Å². The molecule has 0 saturated heterocycles. The molecule has 0 fully saturated rings. The van der Waals surface area contributed by atoms with Crippen molar-refractivity contribution in [1.29, 1.82) is 0 Å². The van der Waals surface area contributed by atoms with E-state index in [1.54, 1.807) is 0 Å². The maximum Gasteiger partial charge on any atom is 0 e. The van der Waals surface area contributed by atoms with Gasteiger partial charge in [0.15, 0.2) is 0 Å². The fourth-order valence-corrected chi connectivity index (χ4v) is 0.684. The summed E-state index contributed by atoms with van der Waals surface area (Å²) in [6, 6.07) is 25.0. The molecule has 0 aliphatic heterocycles. The van der Waals surface area contributed by atoms with Crippen LogP contribution >= 0.6 is 0 Å². The van der Waals surface area contributed by atoms with Crippen LogP contribution in [0.4, 0.5) is 0 Å². The molecule has 0 saturated carbocycles. The molecule has 0 spiro atoms. The van der Waals surface area contributed by atoms with Crippen LogP contribution in [-0.4, -0.2) is 0 Å². The normalized spacial score (nSPS) is 6.35. The van der Waals surface area contributed by atoms with Gasteiger partial charge in [0.25, 0.3) is 0 Å². The second-order valence-corrected chi connectivity index (χ2v) is 2.15. The fraction of sp³-hybridized carbons (Fsp3) is 0.250. The Hall–Kier alpha value is -0.456. The van der Waals surface area contributed by atoms with Crippen molar-refractivity contribution in [3.8, 4) is 0 Å². The molecule has 2 aromatic carbocycles. The zero-order valence-electron chi connectivity index (χ0n) is 11.4. The fourth-order valence-electron chi connectivity index (χ4n) is 0.684. The van der Waals surface area contributed by atoms with Crippen molar-refractivity contribution in [2.75, 3.05) is 0 Å². The van der Waals surface area contributed by atoms with E-state index in [-0.39, 0.29) is 32.7 Å². The molecule has 0 nitrogen and oxygen atoms in total. The van der Waals surface area contributed by atoms with E-state index in [9.17, 15) is 0 Å². The van der Waals surface area contributed by atoms with Gasteiger partial charge in [0.2, 0.25) is 0 Å². The Balaban J connectivity index is -0.000000171. The molecule has 0 bridgehead atoms. The van der Waals surface area contributed by atoms with Gasteiger partial charge in [-0.3, -0.25) is 0 Å².